The zero-order chi connectivity index (χ0) is 28.6. The zero-order valence-corrected chi connectivity index (χ0v) is 25.0. The van der Waals surface area contributed by atoms with Crippen LogP contribution in [-0.2, 0) is 28.6 Å². The largest absolute Gasteiger partial charge is 0.458 e. The van der Waals surface area contributed by atoms with E-state index in [2.05, 4.69) is 20.8 Å². The monoisotopic (exact) mass is 554 g/mol. The summed E-state index contributed by atoms with van der Waals surface area (Å²) in [4.78, 5) is 38.9. The van der Waals surface area contributed by atoms with Gasteiger partial charge in [0.2, 0.25) is 0 Å². The number of hydrogen-bond donors (Lipinski definition) is 1. The number of rotatable bonds is 5. The van der Waals surface area contributed by atoms with Crippen LogP contribution in [0.25, 0.3) is 0 Å². The fraction of sp³-hybridized carbons (Fsp3) is 0.848. The lowest BCUT2D eigenvalue weighted by Gasteiger charge is -2.59. The van der Waals surface area contributed by atoms with Gasteiger partial charge in [-0.2, -0.15) is 0 Å². The number of ketones is 2. The van der Waals surface area contributed by atoms with E-state index in [0.717, 1.165) is 37.7 Å². The molecule has 2 unspecified atom stereocenters. The number of cyclic esters (lactones) is 1. The fourth-order valence-corrected chi connectivity index (χ4v) is 11.1. The third kappa shape index (κ3) is 3.26. The van der Waals surface area contributed by atoms with Gasteiger partial charge < -0.3 is 19.3 Å². The van der Waals surface area contributed by atoms with Crippen LogP contribution in [0.3, 0.4) is 0 Å². The number of ether oxygens (including phenoxy) is 3. The Hall–Kier alpha value is -1.57. The van der Waals surface area contributed by atoms with Crippen LogP contribution in [0.15, 0.2) is 11.1 Å². The molecule has 1 N–H and O–H groups in total. The standard InChI is InChI=1S/C33H46O7/c1-16-13-23(38-29(37)19(16)15-34)17(2)20-7-8-21-18-14-26-33(40-26)25(39-28-27(36)30(28,3)4)10-9-24(35)32(33,6)22(18)11-12-31(20,21)5/h17-18,20-23,25-26,28,34H,7-15H2,1-6H3/t17-,18-,20+,21-,22-,23?,25-,26+,28?,31+,32-,33-/m0/s1. The summed E-state index contributed by atoms with van der Waals surface area (Å²) in [5, 5.41) is 9.60. The molecule has 2 heterocycles. The molecule has 7 nitrogen and oxygen atoms in total. The summed E-state index contributed by atoms with van der Waals surface area (Å²) in [6, 6.07) is 0. The van der Waals surface area contributed by atoms with Crippen LogP contribution >= 0.6 is 0 Å². The quantitative estimate of drug-likeness (QED) is 0.392. The predicted octanol–water partition coefficient (Wildman–Crippen LogP) is 4.58. The van der Waals surface area contributed by atoms with E-state index in [1.54, 1.807) is 0 Å². The molecule has 0 aromatic rings. The highest BCUT2D eigenvalue weighted by molar-refractivity contribution is 6.05. The number of epoxide rings is 1. The van der Waals surface area contributed by atoms with Crippen molar-refractivity contribution >= 4 is 17.5 Å². The van der Waals surface area contributed by atoms with Crippen molar-refractivity contribution in [3.63, 3.8) is 0 Å². The molecule has 0 bridgehead atoms. The minimum absolute atomic E-state index is 0.0211. The van der Waals surface area contributed by atoms with Gasteiger partial charge in [-0.15, -0.1) is 0 Å². The van der Waals surface area contributed by atoms with E-state index in [1.165, 1.54) is 0 Å². The Labute approximate surface area is 237 Å². The second-order valence-electron chi connectivity index (χ2n) is 15.4. The maximum absolute atomic E-state index is 13.9. The summed E-state index contributed by atoms with van der Waals surface area (Å²) >= 11 is 0. The average Bonchev–Trinajstić information content (AvgIpc) is 3.68. The van der Waals surface area contributed by atoms with E-state index in [0.29, 0.717) is 48.4 Å². The van der Waals surface area contributed by atoms with Gasteiger partial charge in [0.15, 0.2) is 5.78 Å². The van der Waals surface area contributed by atoms with Crippen LogP contribution in [0.5, 0.6) is 0 Å². The summed E-state index contributed by atoms with van der Waals surface area (Å²) in [5.41, 5.74) is -0.0870. The molecule has 2 aliphatic heterocycles. The van der Waals surface area contributed by atoms with E-state index >= 15 is 0 Å². The maximum Gasteiger partial charge on any atom is 0.336 e. The second-order valence-corrected chi connectivity index (χ2v) is 15.4. The molecule has 0 aromatic heterocycles. The smallest absolute Gasteiger partial charge is 0.336 e. The highest BCUT2D eigenvalue weighted by atomic mass is 16.6. The molecule has 7 rings (SSSR count). The Kier molecular flexibility index (Phi) is 5.80. The number of hydrogen-bond acceptors (Lipinski definition) is 7. The van der Waals surface area contributed by atoms with E-state index in [4.69, 9.17) is 14.2 Å². The summed E-state index contributed by atoms with van der Waals surface area (Å²) in [6.07, 6.45) is 6.42. The molecule has 0 amide bonds. The Balaban J connectivity index is 1.13. The lowest BCUT2D eigenvalue weighted by Crippen LogP contribution is -2.65. The van der Waals surface area contributed by atoms with Gasteiger partial charge in [-0.3, -0.25) is 9.59 Å². The highest BCUT2D eigenvalue weighted by Crippen LogP contribution is 2.74. The van der Waals surface area contributed by atoms with Crippen molar-refractivity contribution in [2.24, 2.45) is 45.8 Å². The van der Waals surface area contributed by atoms with Gasteiger partial charge in [0, 0.05) is 12.8 Å². The molecule has 5 aliphatic carbocycles. The zero-order valence-electron chi connectivity index (χ0n) is 25.0. The van der Waals surface area contributed by atoms with Gasteiger partial charge in [-0.1, -0.05) is 19.4 Å². The molecule has 12 atom stereocenters. The normalized spacial score (nSPS) is 51.3. The van der Waals surface area contributed by atoms with E-state index in [1.807, 2.05) is 20.8 Å². The van der Waals surface area contributed by atoms with Crippen LogP contribution in [0, 0.1) is 45.8 Å². The molecule has 1 spiro atoms. The van der Waals surface area contributed by atoms with Crippen LogP contribution in [0.2, 0.25) is 0 Å². The summed E-state index contributed by atoms with van der Waals surface area (Å²) < 4.78 is 19.0. The van der Waals surface area contributed by atoms with Gasteiger partial charge in [-0.05, 0) is 101 Å². The van der Waals surface area contributed by atoms with Gasteiger partial charge in [0.25, 0.3) is 0 Å². The first-order valence-corrected chi connectivity index (χ1v) is 15.7. The van der Waals surface area contributed by atoms with Crippen LogP contribution in [-0.4, -0.2) is 59.3 Å². The minimum atomic E-state index is -0.577. The first-order valence-electron chi connectivity index (χ1n) is 15.7. The molecule has 6 fully saturated rings. The van der Waals surface area contributed by atoms with E-state index < -0.39 is 16.4 Å². The Morgan fingerprint density at radius 1 is 1.05 bits per heavy atom. The first-order chi connectivity index (χ1) is 18.8. The number of carbonyl (C=O) groups excluding carboxylic acids is 3. The van der Waals surface area contributed by atoms with E-state index in [-0.39, 0.29) is 60.0 Å². The number of aliphatic hydroxyl groups is 1. The molecule has 7 heteroatoms. The van der Waals surface area contributed by atoms with Crippen molar-refractivity contribution in [3.05, 3.63) is 11.1 Å². The molecule has 1 saturated heterocycles. The number of esters is 1. The fourth-order valence-electron chi connectivity index (χ4n) is 11.1. The molecule has 0 radical (unpaired) electrons. The van der Waals surface area contributed by atoms with Gasteiger partial charge in [0.1, 0.15) is 23.6 Å². The Morgan fingerprint density at radius 2 is 1.77 bits per heavy atom. The average molecular weight is 555 g/mol. The van der Waals surface area contributed by atoms with Crippen LogP contribution in [0.1, 0.15) is 92.9 Å². The third-order valence-corrected chi connectivity index (χ3v) is 13.7. The topological polar surface area (TPSA) is 102 Å². The molecule has 5 saturated carbocycles. The summed E-state index contributed by atoms with van der Waals surface area (Å²) in [6.45, 7) is 12.5. The minimum Gasteiger partial charge on any atom is -0.458 e. The molecular weight excluding hydrogens is 508 g/mol. The van der Waals surface area contributed by atoms with Gasteiger partial charge in [0.05, 0.1) is 35.2 Å². The molecular formula is C33H46O7. The van der Waals surface area contributed by atoms with Crippen molar-refractivity contribution in [2.75, 3.05) is 6.61 Å². The lowest BCUT2D eigenvalue weighted by molar-refractivity contribution is -0.174. The summed E-state index contributed by atoms with van der Waals surface area (Å²) in [7, 11) is 0. The van der Waals surface area contributed by atoms with Gasteiger partial charge in [-0.25, -0.2) is 4.79 Å². The van der Waals surface area contributed by atoms with Crippen molar-refractivity contribution in [1.29, 1.82) is 0 Å². The second kappa shape index (κ2) is 8.50. The highest BCUT2D eigenvalue weighted by Gasteiger charge is 2.82. The van der Waals surface area contributed by atoms with Crippen molar-refractivity contribution < 1.29 is 33.7 Å². The van der Waals surface area contributed by atoms with Crippen LogP contribution in [0.4, 0.5) is 0 Å². The SMILES string of the molecule is CC1=C(CO)C(=O)OC([C@@H](C)[C@H]2CC[C@H]3[C@@H]4C[C@H]5O[C@@]56[C@@H](OC5C(=O)C5(C)C)CCC(=O)[C@]6(C)[C@H]4CC[C@]23C)C1. The summed E-state index contributed by atoms with van der Waals surface area (Å²) in [5.74, 6) is 2.01. The number of fused-ring (bicyclic) bond motifs is 4. The lowest BCUT2D eigenvalue weighted by atomic mass is 9.43. The predicted molar refractivity (Wildman–Crippen MR) is 146 cm³/mol. The Bertz CT molecular complexity index is 1200. The molecule has 220 valence electrons. The van der Waals surface area contributed by atoms with Crippen molar-refractivity contribution in [3.8, 4) is 0 Å². The number of carbonyl (C=O) groups is 3. The third-order valence-electron chi connectivity index (χ3n) is 13.7. The first kappa shape index (κ1) is 27.3. The molecule has 7 aliphatic rings. The van der Waals surface area contributed by atoms with E-state index in [9.17, 15) is 19.5 Å². The molecule has 40 heavy (non-hydrogen) atoms. The number of Topliss-reactive ketones (excluding diaryl/α,β-unsaturated/α-hetero) is 2. The van der Waals surface area contributed by atoms with Crippen molar-refractivity contribution in [2.45, 2.75) is 123 Å². The Morgan fingerprint density at radius 3 is 2.42 bits per heavy atom. The number of aliphatic hydroxyl groups excluding tert-OH is 1. The van der Waals surface area contributed by atoms with Crippen molar-refractivity contribution in [1.82, 2.24) is 0 Å². The van der Waals surface area contributed by atoms with Crippen LogP contribution < -0.4 is 0 Å². The van der Waals surface area contributed by atoms with Gasteiger partial charge >= 0.3 is 5.97 Å². The molecule has 0 aromatic carbocycles. The maximum atomic E-state index is 13.9.